The van der Waals surface area contributed by atoms with E-state index in [0.29, 0.717) is 5.54 Å². The summed E-state index contributed by atoms with van der Waals surface area (Å²) >= 11 is 4.01. The molecule has 1 nitrogen and oxygen atoms in total. The Morgan fingerprint density at radius 2 is 1.38 bits per heavy atom. The Kier molecular flexibility index (Phi) is 3.53. The minimum Gasteiger partial charge on any atom is -0.332 e. The van der Waals surface area contributed by atoms with Crippen LogP contribution in [0, 0.1) is 13.8 Å². The molecule has 0 fully saturated rings. The Morgan fingerprint density at radius 1 is 0.952 bits per heavy atom. The number of nitrogens with one attached hydrogen (secondary N) is 1. The second kappa shape index (κ2) is 4.78. The van der Waals surface area contributed by atoms with Gasteiger partial charge in [0.05, 0.1) is 0 Å². The molecule has 1 N–H and O–H groups in total. The van der Waals surface area contributed by atoms with Gasteiger partial charge in [-0.3, -0.25) is 0 Å². The quantitative estimate of drug-likeness (QED) is 0.697. The van der Waals surface area contributed by atoms with E-state index >= 15 is 0 Å². The summed E-state index contributed by atoms with van der Waals surface area (Å²) < 4.78 is 0. The van der Waals surface area contributed by atoms with Crippen molar-refractivity contribution in [3.8, 4) is 11.1 Å². The Hall–Kier alpha value is -0.423. The van der Waals surface area contributed by atoms with Gasteiger partial charge in [-0.25, -0.2) is 0 Å². The van der Waals surface area contributed by atoms with Gasteiger partial charge in [-0.1, -0.05) is 13.1 Å². The van der Waals surface area contributed by atoms with Gasteiger partial charge in [0.15, 0.2) is 0 Å². The van der Waals surface area contributed by atoms with Crippen molar-refractivity contribution in [1.82, 2.24) is 4.98 Å². The molecule has 114 valence electrons. The Labute approximate surface area is 137 Å². The highest BCUT2D eigenvalue weighted by Crippen LogP contribution is 2.54. The normalized spacial score (nSPS) is 15.4. The highest BCUT2D eigenvalue weighted by Gasteiger charge is 2.45. The number of hydrogen-bond acceptors (Lipinski definition) is 3. The molecule has 4 heteroatoms. The molecule has 0 radical (unpaired) electrons. The van der Waals surface area contributed by atoms with Crippen LogP contribution in [-0.2, 0) is 0 Å². The first-order valence-corrected chi connectivity index (χ1v) is 12.3. The number of hydrogen-bond donors (Lipinski definition) is 1. The Morgan fingerprint density at radius 3 is 1.76 bits per heavy atom. The van der Waals surface area contributed by atoms with Crippen LogP contribution in [0.5, 0.6) is 0 Å². The summed E-state index contributed by atoms with van der Waals surface area (Å²) in [6.07, 6.45) is 0. The summed E-state index contributed by atoms with van der Waals surface area (Å²) in [7, 11) is -1.61. The number of aryl methyl sites for hydroxylation is 2. The van der Waals surface area contributed by atoms with Crippen LogP contribution in [0.4, 0.5) is 0 Å². The largest absolute Gasteiger partial charge is 0.332 e. The topological polar surface area (TPSA) is 12.0 Å². The predicted octanol–water partition coefficient (Wildman–Crippen LogP) is 5.67. The number of fused-ring (bicyclic) bond motifs is 3. The molecule has 0 spiro atoms. The highest BCUT2D eigenvalue weighted by atomic mass is 32.1. The molecule has 0 amide bonds. The van der Waals surface area contributed by atoms with Crippen molar-refractivity contribution < 1.29 is 0 Å². The molecule has 0 bridgehead atoms. The van der Waals surface area contributed by atoms with Crippen LogP contribution in [0.2, 0.25) is 13.1 Å². The third-order valence-electron chi connectivity index (χ3n) is 4.00. The standard InChI is InChI=1S/C17H25NS2Si/c1-10-8-12-13-9-11(2)20-15(13)16(14(12)19-10)21(6,7)18-17(3,4)5/h8-9,16,18H,1-7H3. The van der Waals surface area contributed by atoms with E-state index in [2.05, 4.69) is 64.8 Å². The molecule has 0 aliphatic heterocycles. The smallest absolute Gasteiger partial charge is 0.133 e. The first-order valence-electron chi connectivity index (χ1n) is 7.59. The lowest BCUT2D eigenvalue weighted by molar-refractivity contribution is 0.509. The summed E-state index contributed by atoms with van der Waals surface area (Å²) in [5, 5.41) is 0. The van der Waals surface area contributed by atoms with Crippen LogP contribution in [0.25, 0.3) is 11.1 Å². The summed E-state index contributed by atoms with van der Waals surface area (Å²) in [5.41, 5.74) is 3.81. The van der Waals surface area contributed by atoms with E-state index in [1.807, 2.05) is 22.7 Å². The monoisotopic (exact) mass is 335 g/mol. The zero-order valence-electron chi connectivity index (χ0n) is 14.0. The first-order chi connectivity index (χ1) is 9.58. The maximum Gasteiger partial charge on any atom is 0.133 e. The molecule has 0 saturated heterocycles. The summed E-state index contributed by atoms with van der Waals surface area (Å²) in [6.45, 7) is 16.3. The zero-order valence-corrected chi connectivity index (χ0v) is 16.7. The van der Waals surface area contributed by atoms with Crippen molar-refractivity contribution in [2.24, 2.45) is 0 Å². The molecule has 1 aliphatic rings. The van der Waals surface area contributed by atoms with Crippen LogP contribution < -0.4 is 4.98 Å². The average molecular weight is 336 g/mol. The van der Waals surface area contributed by atoms with Crippen molar-refractivity contribution in [3.63, 3.8) is 0 Å². The minimum absolute atomic E-state index is 0.178. The summed E-state index contributed by atoms with van der Waals surface area (Å²) in [6, 6.07) is 4.79. The zero-order chi connectivity index (χ0) is 15.6. The van der Waals surface area contributed by atoms with Crippen LogP contribution in [0.15, 0.2) is 12.1 Å². The molecule has 0 aromatic carbocycles. The Balaban J connectivity index is 2.13. The molecule has 2 heterocycles. The van der Waals surface area contributed by atoms with Gasteiger partial charge in [-0.2, -0.15) is 0 Å². The minimum atomic E-state index is -1.61. The van der Waals surface area contributed by atoms with Gasteiger partial charge >= 0.3 is 0 Å². The molecule has 3 rings (SSSR count). The van der Waals surface area contributed by atoms with Gasteiger partial charge in [-0.05, 0) is 57.9 Å². The second-order valence-electron chi connectivity index (χ2n) is 7.80. The Bertz CT molecular complexity index is 642. The summed E-state index contributed by atoms with van der Waals surface area (Å²) in [4.78, 5) is 10.1. The predicted molar refractivity (Wildman–Crippen MR) is 99.3 cm³/mol. The molecular formula is C17H25NS2Si. The summed E-state index contributed by atoms with van der Waals surface area (Å²) in [5.74, 6) is 0. The molecule has 2 aromatic rings. The fourth-order valence-corrected chi connectivity index (χ4v) is 11.7. The van der Waals surface area contributed by atoms with Crippen molar-refractivity contribution in [3.05, 3.63) is 31.6 Å². The van der Waals surface area contributed by atoms with Gasteiger partial charge in [0, 0.05) is 30.6 Å². The van der Waals surface area contributed by atoms with Crippen molar-refractivity contribution >= 4 is 30.9 Å². The third kappa shape index (κ3) is 2.67. The lowest BCUT2D eigenvalue weighted by Crippen LogP contribution is -2.57. The van der Waals surface area contributed by atoms with E-state index < -0.39 is 8.24 Å². The molecule has 0 unspecified atom stereocenters. The van der Waals surface area contributed by atoms with Crippen LogP contribution in [-0.4, -0.2) is 13.8 Å². The molecular weight excluding hydrogens is 310 g/mol. The molecule has 0 atom stereocenters. The SMILES string of the molecule is Cc1cc2c(s1)C([Si](C)(C)NC(C)(C)C)c1sc(C)cc1-2. The van der Waals surface area contributed by atoms with Crippen molar-refractivity contribution in [1.29, 1.82) is 0 Å². The fourth-order valence-electron chi connectivity index (χ4n) is 3.73. The van der Waals surface area contributed by atoms with Gasteiger partial charge in [0.2, 0.25) is 0 Å². The maximum absolute atomic E-state index is 3.99. The molecule has 2 aromatic heterocycles. The fraction of sp³-hybridized carbons (Fsp3) is 0.529. The van der Waals surface area contributed by atoms with Gasteiger partial charge in [0.1, 0.15) is 8.24 Å². The highest BCUT2D eigenvalue weighted by molar-refractivity contribution is 7.16. The molecule has 0 saturated carbocycles. The third-order valence-corrected chi connectivity index (χ3v) is 10.1. The van der Waals surface area contributed by atoms with E-state index in [1.165, 1.54) is 20.9 Å². The lowest BCUT2D eigenvalue weighted by atomic mass is 10.1. The van der Waals surface area contributed by atoms with Gasteiger partial charge < -0.3 is 4.98 Å². The maximum atomic E-state index is 3.99. The van der Waals surface area contributed by atoms with E-state index in [1.54, 1.807) is 9.75 Å². The van der Waals surface area contributed by atoms with Crippen LogP contribution in [0.3, 0.4) is 0 Å². The van der Waals surface area contributed by atoms with E-state index in [-0.39, 0.29) is 5.54 Å². The van der Waals surface area contributed by atoms with Gasteiger partial charge in [-0.15, -0.1) is 22.7 Å². The van der Waals surface area contributed by atoms with E-state index in [0.717, 1.165) is 0 Å². The van der Waals surface area contributed by atoms with Crippen LogP contribution in [0.1, 0.15) is 45.8 Å². The molecule has 1 aliphatic carbocycles. The van der Waals surface area contributed by atoms with Crippen molar-refractivity contribution in [2.45, 2.75) is 58.8 Å². The first kappa shape index (κ1) is 15.5. The van der Waals surface area contributed by atoms with Gasteiger partial charge in [0.25, 0.3) is 0 Å². The molecule has 21 heavy (non-hydrogen) atoms. The van der Waals surface area contributed by atoms with Crippen LogP contribution >= 0.6 is 22.7 Å². The average Bonchev–Trinajstić information content (AvgIpc) is 2.84. The van der Waals surface area contributed by atoms with E-state index in [9.17, 15) is 0 Å². The number of rotatable bonds is 2. The number of thiophene rings is 2. The van der Waals surface area contributed by atoms with E-state index in [4.69, 9.17) is 0 Å². The second-order valence-corrected chi connectivity index (χ2v) is 14.6. The lowest BCUT2D eigenvalue weighted by Gasteiger charge is -2.37. The van der Waals surface area contributed by atoms with Crippen molar-refractivity contribution in [2.75, 3.05) is 0 Å².